The van der Waals surface area contributed by atoms with E-state index in [-0.39, 0.29) is 17.9 Å². The first kappa shape index (κ1) is 13.7. The van der Waals surface area contributed by atoms with Gasteiger partial charge in [-0.15, -0.1) is 0 Å². The van der Waals surface area contributed by atoms with Crippen LogP contribution in [0.2, 0.25) is 0 Å². The number of halogens is 1. The molecule has 0 spiro atoms. The molecule has 0 fully saturated rings. The number of anilines is 1. The van der Waals surface area contributed by atoms with Crippen molar-refractivity contribution in [3.8, 4) is 0 Å². The van der Waals surface area contributed by atoms with Crippen molar-refractivity contribution in [1.29, 1.82) is 0 Å². The first-order chi connectivity index (χ1) is 8.45. The summed E-state index contributed by atoms with van der Waals surface area (Å²) in [6, 6.07) is 2.09. The van der Waals surface area contributed by atoms with Crippen molar-refractivity contribution in [3.63, 3.8) is 0 Å². The van der Waals surface area contributed by atoms with Crippen molar-refractivity contribution in [2.75, 3.05) is 11.9 Å². The number of rotatable bonds is 4. The van der Waals surface area contributed by atoms with Crippen LogP contribution in [0.4, 0.5) is 14.9 Å². The first-order valence-electron chi connectivity index (χ1n) is 5.03. The quantitative estimate of drug-likeness (QED) is 0.808. The van der Waals surface area contributed by atoms with Gasteiger partial charge in [-0.1, -0.05) is 12.7 Å². The van der Waals surface area contributed by atoms with Gasteiger partial charge in [0.05, 0.1) is 11.3 Å². The molecule has 0 saturated heterocycles. The summed E-state index contributed by atoms with van der Waals surface area (Å²) in [5.74, 6) is -2.07. The fourth-order valence-electron chi connectivity index (χ4n) is 1.30. The minimum absolute atomic E-state index is 0.000288. The Morgan fingerprint density at radius 2 is 2.22 bits per heavy atom. The van der Waals surface area contributed by atoms with Gasteiger partial charge in [-0.3, -0.25) is 5.32 Å². The van der Waals surface area contributed by atoms with Crippen LogP contribution < -0.4 is 5.32 Å². The highest BCUT2D eigenvalue weighted by molar-refractivity contribution is 5.91. The van der Waals surface area contributed by atoms with Crippen molar-refractivity contribution >= 4 is 17.7 Å². The van der Waals surface area contributed by atoms with Crippen LogP contribution in [0.15, 0.2) is 24.8 Å². The molecule has 6 heteroatoms. The number of carbonyl (C=O) groups is 2. The lowest BCUT2D eigenvalue weighted by Gasteiger charge is -2.10. The molecule has 5 nitrogen and oxygen atoms in total. The van der Waals surface area contributed by atoms with Crippen molar-refractivity contribution < 1.29 is 23.8 Å². The van der Waals surface area contributed by atoms with Crippen molar-refractivity contribution in [2.45, 2.75) is 6.92 Å². The van der Waals surface area contributed by atoms with Crippen LogP contribution in [0.3, 0.4) is 0 Å². The highest BCUT2D eigenvalue weighted by Gasteiger charge is 2.14. The van der Waals surface area contributed by atoms with Gasteiger partial charge in [0.1, 0.15) is 12.4 Å². The summed E-state index contributed by atoms with van der Waals surface area (Å²) in [6.07, 6.45) is 0.538. The van der Waals surface area contributed by atoms with Crippen LogP contribution >= 0.6 is 0 Å². The van der Waals surface area contributed by atoms with E-state index < -0.39 is 17.9 Å². The van der Waals surface area contributed by atoms with Crippen molar-refractivity contribution in [1.82, 2.24) is 0 Å². The SMILES string of the molecule is C=CCOC(=O)Nc1c(C)cc(C(=O)O)cc1F. The number of hydrogen-bond donors (Lipinski definition) is 2. The van der Waals surface area contributed by atoms with Gasteiger partial charge in [-0.25, -0.2) is 14.0 Å². The van der Waals surface area contributed by atoms with Gasteiger partial charge in [0.2, 0.25) is 0 Å². The van der Waals surface area contributed by atoms with Crippen molar-refractivity contribution in [2.24, 2.45) is 0 Å². The van der Waals surface area contributed by atoms with E-state index in [1.54, 1.807) is 0 Å². The predicted molar refractivity (Wildman–Crippen MR) is 63.3 cm³/mol. The summed E-state index contributed by atoms with van der Waals surface area (Å²) in [6.45, 7) is 4.85. The van der Waals surface area contributed by atoms with E-state index in [1.807, 2.05) is 0 Å². The monoisotopic (exact) mass is 253 g/mol. The maximum absolute atomic E-state index is 13.6. The molecule has 0 atom stereocenters. The lowest BCUT2D eigenvalue weighted by atomic mass is 10.1. The molecule has 0 unspecified atom stereocenters. The summed E-state index contributed by atoms with van der Waals surface area (Å²) < 4.78 is 18.2. The second-order valence-corrected chi connectivity index (χ2v) is 3.47. The van der Waals surface area contributed by atoms with E-state index in [9.17, 15) is 14.0 Å². The number of aryl methyl sites for hydroxylation is 1. The Morgan fingerprint density at radius 1 is 1.56 bits per heavy atom. The fraction of sp³-hybridized carbons (Fsp3) is 0.167. The zero-order valence-corrected chi connectivity index (χ0v) is 9.70. The number of benzene rings is 1. The summed E-state index contributed by atoms with van der Waals surface area (Å²) in [5.41, 5.74) is 0.00650. The molecule has 0 saturated carbocycles. The molecule has 96 valence electrons. The summed E-state index contributed by atoms with van der Waals surface area (Å²) in [7, 11) is 0. The van der Waals surface area contributed by atoms with Gasteiger partial charge in [0.25, 0.3) is 0 Å². The van der Waals surface area contributed by atoms with E-state index in [4.69, 9.17) is 5.11 Å². The predicted octanol–water partition coefficient (Wildman–Crippen LogP) is 2.57. The Morgan fingerprint density at radius 3 is 2.72 bits per heavy atom. The van der Waals surface area contributed by atoms with Crippen LogP contribution in [-0.2, 0) is 4.74 Å². The molecule has 2 N–H and O–H groups in total. The van der Waals surface area contributed by atoms with Gasteiger partial charge in [0.15, 0.2) is 0 Å². The van der Waals surface area contributed by atoms with E-state index in [0.717, 1.165) is 6.07 Å². The van der Waals surface area contributed by atoms with Crippen LogP contribution in [0.1, 0.15) is 15.9 Å². The molecule has 0 aliphatic heterocycles. The van der Waals surface area contributed by atoms with E-state index in [1.165, 1.54) is 19.1 Å². The topological polar surface area (TPSA) is 75.6 Å². The van der Waals surface area contributed by atoms with Gasteiger partial charge >= 0.3 is 12.1 Å². The standard InChI is InChI=1S/C12H12FNO4/c1-3-4-18-12(17)14-10-7(2)5-8(11(15)16)6-9(10)13/h3,5-6H,1,4H2,2H3,(H,14,17)(H,15,16). The Bertz CT molecular complexity index is 476. The van der Waals surface area contributed by atoms with Crippen molar-refractivity contribution in [3.05, 3.63) is 41.7 Å². The molecule has 0 heterocycles. The van der Waals surface area contributed by atoms with Crippen LogP contribution in [0.5, 0.6) is 0 Å². The normalized spacial score (nSPS) is 9.67. The maximum atomic E-state index is 13.6. The highest BCUT2D eigenvalue weighted by atomic mass is 19.1. The van der Waals surface area contributed by atoms with E-state index in [2.05, 4.69) is 16.6 Å². The number of carboxylic acids is 1. The molecular weight excluding hydrogens is 241 g/mol. The van der Waals surface area contributed by atoms with Crippen LogP contribution in [0, 0.1) is 12.7 Å². The van der Waals surface area contributed by atoms with Crippen LogP contribution in [0.25, 0.3) is 0 Å². The third kappa shape index (κ3) is 3.31. The number of hydrogen-bond acceptors (Lipinski definition) is 3. The zero-order chi connectivity index (χ0) is 13.7. The minimum Gasteiger partial charge on any atom is -0.478 e. The summed E-state index contributed by atoms with van der Waals surface area (Å²) in [4.78, 5) is 21.9. The molecule has 0 aromatic heterocycles. The molecule has 1 aromatic carbocycles. The molecular formula is C12H12FNO4. The fourth-order valence-corrected chi connectivity index (χ4v) is 1.30. The summed E-state index contributed by atoms with van der Waals surface area (Å²) >= 11 is 0. The minimum atomic E-state index is -1.24. The number of carboxylic acid groups (broad SMARTS) is 1. The molecule has 1 rings (SSSR count). The average Bonchev–Trinajstić information content (AvgIpc) is 2.30. The highest BCUT2D eigenvalue weighted by Crippen LogP contribution is 2.21. The Labute approximate surface area is 103 Å². The van der Waals surface area contributed by atoms with Gasteiger partial charge in [0, 0.05) is 0 Å². The first-order valence-corrected chi connectivity index (χ1v) is 5.03. The molecule has 0 bridgehead atoms. The number of amides is 1. The molecule has 0 aliphatic rings. The number of aromatic carboxylic acids is 1. The molecule has 0 aliphatic carbocycles. The number of nitrogens with one attached hydrogen (secondary N) is 1. The average molecular weight is 253 g/mol. The Hall–Kier alpha value is -2.37. The second kappa shape index (κ2) is 5.81. The van der Waals surface area contributed by atoms with Crippen LogP contribution in [-0.4, -0.2) is 23.8 Å². The molecule has 0 radical (unpaired) electrons. The summed E-state index contributed by atoms with van der Waals surface area (Å²) in [5, 5.41) is 10.9. The molecule has 1 amide bonds. The lowest BCUT2D eigenvalue weighted by Crippen LogP contribution is -2.16. The van der Waals surface area contributed by atoms with E-state index in [0.29, 0.717) is 5.56 Å². The smallest absolute Gasteiger partial charge is 0.412 e. The zero-order valence-electron chi connectivity index (χ0n) is 9.70. The lowest BCUT2D eigenvalue weighted by molar-refractivity contribution is 0.0696. The van der Waals surface area contributed by atoms with Gasteiger partial charge in [-0.2, -0.15) is 0 Å². The molecule has 1 aromatic rings. The largest absolute Gasteiger partial charge is 0.478 e. The number of carbonyl (C=O) groups excluding carboxylic acids is 1. The maximum Gasteiger partial charge on any atom is 0.412 e. The van der Waals surface area contributed by atoms with E-state index >= 15 is 0 Å². The second-order valence-electron chi connectivity index (χ2n) is 3.47. The third-order valence-electron chi connectivity index (χ3n) is 2.09. The third-order valence-corrected chi connectivity index (χ3v) is 2.09. The van der Waals surface area contributed by atoms with Gasteiger partial charge in [-0.05, 0) is 24.6 Å². The molecule has 18 heavy (non-hydrogen) atoms. The number of ether oxygens (including phenoxy) is 1. The Kier molecular flexibility index (Phi) is 4.42. The Balaban J connectivity index is 2.93. The van der Waals surface area contributed by atoms with Gasteiger partial charge < -0.3 is 9.84 Å².